The lowest BCUT2D eigenvalue weighted by molar-refractivity contribution is -0.132. The third-order valence-corrected chi connectivity index (χ3v) is 6.45. The largest absolute Gasteiger partial charge is 0.494 e. The maximum atomic E-state index is 12.7. The number of carbonyl (C=O) groups excluding carboxylic acids is 1. The molecule has 2 aromatic rings. The fourth-order valence-electron chi connectivity index (χ4n) is 3.90. The van der Waals surface area contributed by atoms with Gasteiger partial charge in [0.25, 0.3) is 0 Å². The quantitative estimate of drug-likeness (QED) is 0.696. The number of ether oxygens (including phenoxy) is 2. The summed E-state index contributed by atoms with van der Waals surface area (Å²) in [4.78, 5) is 21.8. The zero-order chi connectivity index (χ0) is 20.1. The number of piperazine rings is 1. The van der Waals surface area contributed by atoms with Crippen LogP contribution in [0.15, 0.2) is 29.6 Å². The molecule has 1 aromatic heterocycles. The molecule has 0 spiro atoms. The van der Waals surface area contributed by atoms with Crippen molar-refractivity contribution < 1.29 is 14.3 Å². The van der Waals surface area contributed by atoms with Crippen molar-refractivity contribution >= 4 is 17.2 Å². The average Bonchev–Trinajstić information content (AvgIpc) is 3.42. The summed E-state index contributed by atoms with van der Waals surface area (Å²) in [5.74, 6) is 1.03. The number of amides is 1. The molecule has 1 atom stereocenters. The van der Waals surface area contributed by atoms with Gasteiger partial charge in [-0.2, -0.15) is 0 Å². The summed E-state index contributed by atoms with van der Waals surface area (Å²) >= 11 is 1.58. The van der Waals surface area contributed by atoms with Crippen molar-refractivity contribution in [1.82, 2.24) is 14.8 Å². The predicted molar refractivity (Wildman–Crippen MR) is 114 cm³/mol. The lowest BCUT2D eigenvalue weighted by atomic mass is 10.2. The van der Waals surface area contributed by atoms with Crippen molar-refractivity contribution in [2.45, 2.75) is 32.3 Å². The summed E-state index contributed by atoms with van der Waals surface area (Å²) < 4.78 is 11.2. The van der Waals surface area contributed by atoms with E-state index in [0.717, 1.165) is 61.3 Å². The molecule has 2 aliphatic rings. The first-order valence-electron chi connectivity index (χ1n) is 10.5. The van der Waals surface area contributed by atoms with Gasteiger partial charge in [-0.3, -0.25) is 9.69 Å². The maximum absolute atomic E-state index is 12.7. The number of aromatic nitrogens is 1. The second-order valence-electron chi connectivity index (χ2n) is 7.59. The second-order valence-corrected chi connectivity index (χ2v) is 8.45. The molecule has 156 valence electrons. The van der Waals surface area contributed by atoms with E-state index in [2.05, 4.69) is 9.88 Å². The Morgan fingerprint density at radius 2 is 2.03 bits per heavy atom. The molecular weight excluding hydrogens is 386 g/mol. The van der Waals surface area contributed by atoms with Crippen LogP contribution >= 0.6 is 11.3 Å². The van der Waals surface area contributed by atoms with Crippen LogP contribution in [0.25, 0.3) is 10.6 Å². The molecule has 6 nitrogen and oxygen atoms in total. The van der Waals surface area contributed by atoms with Gasteiger partial charge in [-0.15, -0.1) is 11.3 Å². The van der Waals surface area contributed by atoms with Crippen molar-refractivity contribution in [2.24, 2.45) is 0 Å². The van der Waals surface area contributed by atoms with Crippen LogP contribution in [0.3, 0.4) is 0 Å². The van der Waals surface area contributed by atoms with Crippen LogP contribution in [0, 0.1) is 0 Å². The van der Waals surface area contributed by atoms with Crippen molar-refractivity contribution in [1.29, 1.82) is 0 Å². The molecule has 4 rings (SSSR count). The average molecular weight is 416 g/mol. The van der Waals surface area contributed by atoms with Crippen LogP contribution < -0.4 is 4.74 Å². The zero-order valence-corrected chi connectivity index (χ0v) is 17.8. The number of benzene rings is 1. The third-order valence-electron chi connectivity index (χ3n) is 5.51. The Morgan fingerprint density at radius 1 is 1.24 bits per heavy atom. The highest BCUT2D eigenvalue weighted by Gasteiger charge is 2.25. The van der Waals surface area contributed by atoms with E-state index in [0.29, 0.717) is 19.1 Å². The van der Waals surface area contributed by atoms with Crippen LogP contribution in [0.2, 0.25) is 0 Å². The first kappa shape index (κ1) is 20.3. The zero-order valence-electron chi connectivity index (χ0n) is 17.0. The lowest BCUT2D eigenvalue weighted by Gasteiger charge is -2.35. The van der Waals surface area contributed by atoms with E-state index < -0.39 is 0 Å². The van der Waals surface area contributed by atoms with Gasteiger partial charge in [0.2, 0.25) is 5.91 Å². The molecule has 7 heteroatoms. The molecule has 0 N–H and O–H groups in total. The Bertz CT molecular complexity index is 794. The van der Waals surface area contributed by atoms with E-state index in [-0.39, 0.29) is 5.91 Å². The molecule has 1 aromatic carbocycles. The van der Waals surface area contributed by atoms with Gasteiger partial charge in [0.15, 0.2) is 0 Å². The highest BCUT2D eigenvalue weighted by atomic mass is 32.1. The van der Waals surface area contributed by atoms with Crippen LogP contribution in [0.1, 0.15) is 25.5 Å². The SMILES string of the molecule is CCOc1ccc(-c2nc(CC(=O)N3CCN(CC4CCCO4)CC3)cs2)cc1. The standard InChI is InChI=1S/C22H29N3O3S/c1-2-27-19-7-5-17(6-8-19)22-23-18(16-29-22)14-21(26)25-11-9-24(10-12-25)15-20-4-3-13-28-20/h5-8,16,20H,2-4,9-15H2,1H3. The predicted octanol–water partition coefficient (Wildman–Crippen LogP) is 3.07. The monoisotopic (exact) mass is 415 g/mol. The molecule has 1 amide bonds. The number of nitrogens with zero attached hydrogens (tertiary/aromatic N) is 3. The van der Waals surface area contributed by atoms with Crippen molar-refractivity contribution in [2.75, 3.05) is 45.9 Å². The molecule has 2 saturated heterocycles. The topological polar surface area (TPSA) is 54.9 Å². The molecule has 0 bridgehead atoms. The molecule has 2 aliphatic heterocycles. The number of carbonyl (C=O) groups is 1. The number of rotatable bonds is 7. The van der Waals surface area contributed by atoms with Crippen molar-refractivity contribution in [3.8, 4) is 16.3 Å². The van der Waals surface area contributed by atoms with Gasteiger partial charge in [0.05, 0.1) is 24.8 Å². The van der Waals surface area contributed by atoms with E-state index in [9.17, 15) is 4.79 Å². The normalized spacial score (nSPS) is 20.2. The molecule has 1 unspecified atom stereocenters. The number of hydrogen-bond donors (Lipinski definition) is 0. The molecule has 0 saturated carbocycles. The molecule has 2 fully saturated rings. The van der Waals surface area contributed by atoms with E-state index >= 15 is 0 Å². The second kappa shape index (κ2) is 9.69. The first-order chi connectivity index (χ1) is 14.2. The van der Waals surface area contributed by atoms with Crippen LogP contribution in [0.4, 0.5) is 0 Å². The van der Waals surface area contributed by atoms with Gasteiger partial charge >= 0.3 is 0 Å². The Balaban J connectivity index is 1.27. The van der Waals surface area contributed by atoms with Gasteiger partial charge in [0, 0.05) is 50.3 Å². The van der Waals surface area contributed by atoms with Crippen molar-refractivity contribution in [3.05, 3.63) is 35.3 Å². The Kier molecular flexibility index (Phi) is 6.79. The summed E-state index contributed by atoms with van der Waals surface area (Å²) in [6.45, 7) is 7.98. The van der Waals surface area contributed by atoms with Crippen LogP contribution in [-0.4, -0.2) is 72.7 Å². The molecular formula is C22H29N3O3S. The minimum absolute atomic E-state index is 0.172. The van der Waals surface area contributed by atoms with Crippen LogP contribution in [0.5, 0.6) is 5.75 Å². The molecule has 3 heterocycles. The van der Waals surface area contributed by atoms with Crippen molar-refractivity contribution in [3.63, 3.8) is 0 Å². The lowest BCUT2D eigenvalue weighted by Crippen LogP contribution is -2.50. The smallest absolute Gasteiger partial charge is 0.228 e. The van der Waals surface area contributed by atoms with Gasteiger partial charge < -0.3 is 14.4 Å². The molecule has 0 aliphatic carbocycles. The molecule has 29 heavy (non-hydrogen) atoms. The summed E-state index contributed by atoms with van der Waals surface area (Å²) in [6, 6.07) is 7.95. The number of thiazole rings is 1. The Morgan fingerprint density at radius 3 is 2.72 bits per heavy atom. The minimum Gasteiger partial charge on any atom is -0.494 e. The summed E-state index contributed by atoms with van der Waals surface area (Å²) in [5.41, 5.74) is 1.91. The Hall–Kier alpha value is -1.96. The van der Waals surface area contributed by atoms with E-state index in [1.165, 1.54) is 12.8 Å². The first-order valence-corrected chi connectivity index (χ1v) is 11.4. The van der Waals surface area contributed by atoms with Gasteiger partial charge in [-0.25, -0.2) is 4.98 Å². The highest BCUT2D eigenvalue weighted by molar-refractivity contribution is 7.13. The summed E-state index contributed by atoms with van der Waals surface area (Å²) in [6.07, 6.45) is 3.10. The van der Waals surface area contributed by atoms with E-state index in [1.807, 2.05) is 41.5 Å². The summed E-state index contributed by atoms with van der Waals surface area (Å²) in [7, 11) is 0. The van der Waals surface area contributed by atoms with Crippen LogP contribution in [-0.2, 0) is 16.0 Å². The van der Waals surface area contributed by atoms with E-state index in [4.69, 9.17) is 9.47 Å². The fraction of sp³-hybridized carbons (Fsp3) is 0.545. The third kappa shape index (κ3) is 5.35. The number of hydrogen-bond acceptors (Lipinski definition) is 6. The van der Waals surface area contributed by atoms with Gasteiger partial charge in [-0.1, -0.05) is 0 Å². The minimum atomic E-state index is 0.172. The van der Waals surface area contributed by atoms with E-state index in [1.54, 1.807) is 11.3 Å². The van der Waals surface area contributed by atoms with Gasteiger partial charge in [0.1, 0.15) is 10.8 Å². The van der Waals surface area contributed by atoms with Gasteiger partial charge in [-0.05, 0) is 44.0 Å². The fourth-order valence-corrected chi connectivity index (χ4v) is 4.73. The maximum Gasteiger partial charge on any atom is 0.228 e. The Labute approximate surface area is 176 Å². The summed E-state index contributed by atoms with van der Waals surface area (Å²) in [5, 5.41) is 2.94. The molecule has 0 radical (unpaired) electrons. The highest BCUT2D eigenvalue weighted by Crippen LogP contribution is 2.26.